The maximum atomic E-state index is 9.37. The summed E-state index contributed by atoms with van der Waals surface area (Å²) in [5, 5.41) is 13.2. The number of ether oxygens (including phenoxy) is 1. The van der Waals surface area contributed by atoms with E-state index in [0.29, 0.717) is 37.8 Å². The lowest BCUT2D eigenvalue weighted by Crippen LogP contribution is -2.21. The molecule has 2 rings (SSSR count). The fraction of sp³-hybridized carbons (Fsp3) is 0.800. The summed E-state index contributed by atoms with van der Waals surface area (Å²) in [6.07, 6.45) is 1.28. The summed E-state index contributed by atoms with van der Waals surface area (Å²) in [4.78, 5) is 6.36. The zero-order valence-electron chi connectivity index (χ0n) is 9.43. The molecule has 1 saturated heterocycles. The van der Waals surface area contributed by atoms with Crippen LogP contribution in [0, 0.1) is 0 Å². The molecule has 6 nitrogen and oxygen atoms in total. The molecule has 16 heavy (non-hydrogen) atoms. The van der Waals surface area contributed by atoms with Crippen LogP contribution in [-0.4, -0.2) is 53.1 Å². The lowest BCUT2D eigenvalue weighted by Gasteiger charge is -2.10. The number of methoxy groups -OCH3 is 1. The molecule has 6 heteroatoms. The Morgan fingerprint density at radius 2 is 2.50 bits per heavy atom. The van der Waals surface area contributed by atoms with Crippen LogP contribution in [0.15, 0.2) is 4.52 Å². The van der Waals surface area contributed by atoms with Gasteiger partial charge < -0.3 is 14.4 Å². The Labute approximate surface area is 94.2 Å². The normalized spacial score (nSPS) is 21.8. The van der Waals surface area contributed by atoms with Gasteiger partial charge in [0.15, 0.2) is 5.82 Å². The largest absolute Gasteiger partial charge is 0.392 e. The van der Waals surface area contributed by atoms with Crippen molar-refractivity contribution in [2.75, 3.05) is 26.8 Å². The number of hydrogen-bond donors (Lipinski definition) is 1. The van der Waals surface area contributed by atoms with Crippen LogP contribution in [0.2, 0.25) is 0 Å². The number of likely N-dealkylation sites (tertiary alicyclic amines) is 1. The van der Waals surface area contributed by atoms with Crippen LogP contribution in [0.4, 0.5) is 0 Å². The fourth-order valence-corrected chi connectivity index (χ4v) is 1.80. The lowest BCUT2D eigenvalue weighted by molar-refractivity contribution is 0.169. The second-order valence-corrected chi connectivity index (χ2v) is 4.02. The third-order valence-corrected chi connectivity index (χ3v) is 2.65. The van der Waals surface area contributed by atoms with Gasteiger partial charge in [-0.2, -0.15) is 4.98 Å². The van der Waals surface area contributed by atoms with Gasteiger partial charge in [-0.15, -0.1) is 0 Å². The van der Waals surface area contributed by atoms with Crippen LogP contribution in [0.3, 0.4) is 0 Å². The van der Waals surface area contributed by atoms with E-state index in [1.54, 1.807) is 7.11 Å². The summed E-state index contributed by atoms with van der Waals surface area (Å²) >= 11 is 0. The Balaban J connectivity index is 1.83. The number of nitrogens with zero attached hydrogens (tertiary/aromatic N) is 3. The molecule has 0 saturated carbocycles. The highest BCUT2D eigenvalue weighted by Crippen LogP contribution is 2.12. The van der Waals surface area contributed by atoms with E-state index in [4.69, 9.17) is 9.26 Å². The Morgan fingerprint density at radius 3 is 3.19 bits per heavy atom. The van der Waals surface area contributed by atoms with Crippen LogP contribution in [-0.2, 0) is 17.7 Å². The quantitative estimate of drug-likeness (QED) is 0.752. The van der Waals surface area contributed by atoms with Crippen molar-refractivity contribution in [3.63, 3.8) is 0 Å². The zero-order valence-corrected chi connectivity index (χ0v) is 9.43. The van der Waals surface area contributed by atoms with Gasteiger partial charge in [0.1, 0.15) is 0 Å². The lowest BCUT2D eigenvalue weighted by atomic mass is 10.3. The number of aliphatic hydroxyl groups excluding tert-OH is 1. The minimum atomic E-state index is -0.212. The maximum absolute atomic E-state index is 9.37. The minimum absolute atomic E-state index is 0.212. The van der Waals surface area contributed by atoms with Gasteiger partial charge in [-0.1, -0.05) is 5.16 Å². The molecule has 1 N–H and O–H groups in total. The van der Waals surface area contributed by atoms with Crippen molar-refractivity contribution in [1.82, 2.24) is 15.0 Å². The van der Waals surface area contributed by atoms with Gasteiger partial charge in [-0.05, 0) is 6.42 Å². The number of β-amino-alcohol motifs (C(OH)–C–C–N with tert-alkyl or cyclic N) is 1. The Morgan fingerprint density at radius 1 is 1.62 bits per heavy atom. The zero-order chi connectivity index (χ0) is 11.4. The van der Waals surface area contributed by atoms with E-state index < -0.39 is 0 Å². The van der Waals surface area contributed by atoms with Gasteiger partial charge in [-0.3, -0.25) is 4.90 Å². The SMILES string of the molecule is COCCc1noc(CN2CC[C@H](O)C2)n1. The van der Waals surface area contributed by atoms with E-state index >= 15 is 0 Å². The summed E-state index contributed by atoms with van der Waals surface area (Å²) in [6.45, 7) is 2.80. The Bertz CT molecular complexity index is 329. The van der Waals surface area contributed by atoms with Crippen molar-refractivity contribution < 1.29 is 14.4 Å². The highest BCUT2D eigenvalue weighted by atomic mass is 16.5. The summed E-state index contributed by atoms with van der Waals surface area (Å²) in [7, 11) is 1.65. The molecule has 0 spiro atoms. The highest BCUT2D eigenvalue weighted by molar-refractivity contribution is 4.88. The molecule has 1 aromatic heterocycles. The van der Waals surface area contributed by atoms with Crippen molar-refractivity contribution >= 4 is 0 Å². The second-order valence-electron chi connectivity index (χ2n) is 4.02. The highest BCUT2D eigenvalue weighted by Gasteiger charge is 2.21. The number of rotatable bonds is 5. The van der Waals surface area contributed by atoms with Crippen LogP contribution in [0.1, 0.15) is 18.1 Å². The molecular formula is C10H17N3O3. The molecule has 1 aliphatic rings. The molecule has 1 atom stereocenters. The first-order chi connectivity index (χ1) is 7.78. The van der Waals surface area contributed by atoms with Gasteiger partial charge >= 0.3 is 0 Å². The van der Waals surface area contributed by atoms with E-state index in [1.807, 2.05) is 0 Å². The van der Waals surface area contributed by atoms with Crippen molar-refractivity contribution in [2.24, 2.45) is 0 Å². The molecular weight excluding hydrogens is 210 g/mol. The molecule has 1 aliphatic heterocycles. The first kappa shape index (κ1) is 11.5. The first-order valence-electron chi connectivity index (χ1n) is 5.48. The van der Waals surface area contributed by atoms with Crippen LogP contribution in [0.5, 0.6) is 0 Å². The van der Waals surface area contributed by atoms with E-state index in [2.05, 4.69) is 15.0 Å². The van der Waals surface area contributed by atoms with Gasteiger partial charge in [0, 0.05) is 26.6 Å². The maximum Gasteiger partial charge on any atom is 0.240 e. The average molecular weight is 227 g/mol. The molecule has 0 radical (unpaired) electrons. The predicted octanol–water partition coefficient (Wildman–Crippen LogP) is -0.175. The van der Waals surface area contributed by atoms with Crippen LogP contribution >= 0.6 is 0 Å². The number of aliphatic hydroxyl groups is 1. The smallest absolute Gasteiger partial charge is 0.240 e. The number of aromatic nitrogens is 2. The molecule has 90 valence electrons. The summed E-state index contributed by atoms with van der Waals surface area (Å²) in [6, 6.07) is 0. The van der Waals surface area contributed by atoms with E-state index in [-0.39, 0.29) is 6.10 Å². The number of hydrogen-bond acceptors (Lipinski definition) is 6. The van der Waals surface area contributed by atoms with Crippen molar-refractivity contribution in [3.05, 3.63) is 11.7 Å². The first-order valence-corrected chi connectivity index (χ1v) is 5.48. The standard InChI is InChI=1S/C10H17N3O3/c1-15-5-3-9-11-10(16-12-9)7-13-4-2-8(14)6-13/h8,14H,2-7H2,1H3/t8-/m0/s1. The van der Waals surface area contributed by atoms with Gasteiger partial charge in [0.25, 0.3) is 0 Å². The van der Waals surface area contributed by atoms with Gasteiger partial charge in [0.05, 0.1) is 19.3 Å². The van der Waals surface area contributed by atoms with E-state index in [0.717, 1.165) is 13.0 Å². The van der Waals surface area contributed by atoms with Gasteiger partial charge in [0.2, 0.25) is 5.89 Å². The monoisotopic (exact) mass is 227 g/mol. The molecule has 0 bridgehead atoms. The summed E-state index contributed by atoms with van der Waals surface area (Å²) < 4.78 is 10.1. The van der Waals surface area contributed by atoms with Crippen molar-refractivity contribution in [3.8, 4) is 0 Å². The Hall–Kier alpha value is -0.980. The van der Waals surface area contributed by atoms with E-state index in [1.165, 1.54) is 0 Å². The van der Waals surface area contributed by atoms with Crippen molar-refractivity contribution in [1.29, 1.82) is 0 Å². The molecule has 0 unspecified atom stereocenters. The molecule has 0 amide bonds. The van der Waals surface area contributed by atoms with Gasteiger partial charge in [-0.25, -0.2) is 0 Å². The summed E-state index contributed by atoms with van der Waals surface area (Å²) in [5.74, 6) is 1.29. The third kappa shape index (κ3) is 3.01. The Kier molecular flexibility index (Phi) is 3.87. The van der Waals surface area contributed by atoms with E-state index in [9.17, 15) is 5.11 Å². The topological polar surface area (TPSA) is 71.6 Å². The molecule has 1 fully saturated rings. The fourth-order valence-electron chi connectivity index (χ4n) is 1.80. The van der Waals surface area contributed by atoms with Crippen LogP contribution < -0.4 is 0 Å². The molecule has 0 aliphatic carbocycles. The third-order valence-electron chi connectivity index (χ3n) is 2.65. The minimum Gasteiger partial charge on any atom is -0.392 e. The molecule has 0 aromatic carbocycles. The van der Waals surface area contributed by atoms with Crippen LogP contribution in [0.25, 0.3) is 0 Å². The molecule has 2 heterocycles. The second kappa shape index (κ2) is 5.38. The van der Waals surface area contributed by atoms with Crippen molar-refractivity contribution in [2.45, 2.75) is 25.5 Å². The molecule has 1 aromatic rings. The summed E-state index contributed by atoms with van der Waals surface area (Å²) in [5.41, 5.74) is 0. The predicted molar refractivity (Wildman–Crippen MR) is 55.8 cm³/mol. The average Bonchev–Trinajstić information content (AvgIpc) is 2.86.